The predicted molar refractivity (Wildman–Crippen MR) is 92.4 cm³/mol. The first kappa shape index (κ1) is 15.9. The highest BCUT2D eigenvalue weighted by Gasteiger charge is 2.25. The molecule has 0 heterocycles. The number of hydrogen-bond donors (Lipinski definition) is 0. The molecule has 3 aliphatic rings. The zero-order valence-corrected chi connectivity index (χ0v) is 14.3. The molecule has 3 rings (SSSR count). The van der Waals surface area contributed by atoms with Crippen molar-refractivity contribution in [1.82, 2.24) is 0 Å². The van der Waals surface area contributed by atoms with Gasteiger partial charge in [-0.1, -0.05) is 103 Å². The van der Waals surface area contributed by atoms with Gasteiger partial charge in [-0.05, 0) is 30.1 Å². The van der Waals surface area contributed by atoms with Crippen LogP contribution in [0.5, 0.6) is 0 Å². The highest BCUT2D eigenvalue weighted by Crippen LogP contribution is 2.39. The lowest BCUT2D eigenvalue weighted by Gasteiger charge is -2.33. The molecule has 3 fully saturated rings. The van der Waals surface area contributed by atoms with E-state index in [1.165, 1.54) is 38.5 Å². The van der Waals surface area contributed by atoms with Gasteiger partial charge in [0.1, 0.15) is 0 Å². The second-order valence-corrected chi connectivity index (χ2v) is 8.71. The van der Waals surface area contributed by atoms with Gasteiger partial charge in [0.05, 0.1) is 0 Å². The molecule has 0 bridgehead atoms. The lowest BCUT2D eigenvalue weighted by molar-refractivity contribution is 0.196. The lowest BCUT2D eigenvalue weighted by Crippen LogP contribution is -2.19. The Hall–Kier alpha value is 0. The van der Waals surface area contributed by atoms with Crippen LogP contribution in [0.25, 0.3) is 0 Å². The third-order valence-electron chi connectivity index (χ3n) is 7.07. The van der Waals surface area contributed by atoms with E-state index < -0.39 is 0 Å². The van der Waals surface area contributed by atoms with Gasteiger partial charge in [-0.25, -0.2) is 0 Å². The van der Waals surface area contributed by atoms with Crippen LogP contribution in [0.3, 0.4) is 0 Å². The monoisotopic (exact) mass is 290 g/mol. The molecular weight excluding hydrogens is 252 g/mol. The summed E-state index contributed by atoms with van der Waals surface area (Å²) in [5, 5.41) is 0. The van der Waals surface area contributed by atoms with Gasteiger partial charge in [0.15, 0.2) is 0 Å². The maximum absolute atomic E-state index is 1.59. The molecule has 0 saturated heterocycles. The Kier molecular flexibility index (Phi) is 6.49. The summed E-state index contributed by atoms with van der Waals surface area (Å²) in [7, 11) is 0. The van der Waals surface area contributed by atoms with Crippen LogP contribution in [-0.4, -0.2) is 0 Å². The first-order valence-electron chi connectivity index (χ1n) is 10.4. The molecule has 0 aromatic carbocycles. The first-order valence-corrected chi connectivity index (χ1v) is 10.4. The van der Waals surface area contributed by atoms with E-state index in [1.807, 2.05) is 0 Å². The fourth-order valence-electron chi connectivity index (χ4n) is 5.60. The maximum Gasteiger partial charge on any atom is -0.0411 e. The molecule has 0 aromatic rings. The second kappa shape index (κ2) is 8.59. The average molecular weight is 291 g/mol. The van der Waals surface area contributed by atoms with Crippen molar-refractivity contribution in [2.45, 2.75) is 109 Å². The average Bonchev–Trinajstić information content (AvgIpc) is 2.56. The highest BCUT2D eigenvalue weighted by atomic mass is 14.3. The van der Waals surface area contributed by atoms with Gasteiger partial charge in [-0.3, -0.25) is 0 Å². The van der Waals surface area contributed by atoms with Crippen LogP contribution in [0.15, 0.2) is 0 Å². The fraction of sp³-hybridized carbons (Fsp3) is 1.00. The van der Waals surface area contributed by atoms with E-state index in [9.17, 15) is 0 Å². The summed E-state index contributed by atoms with van der Waals surface area (Å²) in [6, 6.07) is 0. The standard InChI is InChI=1S/C21H38/c1-3-7-18(8-4-1)11-12-19-13-15-21(16-14-19)17-20-9-5-2-6-10-20/h18-21H,1-17H2. The van der Waals surface area contributed by atoms with Crippen LogP contribution in [0.2, 0.25) is 0 Å². The quantitative estimate of drug-likeness (QED) is 0.505. The van der Waals surface area contributed by atoms with Crippen LogP contribution in [0, 0.1) is 23.7 Å². The van der Waals surface area contributed by atoms with Gasteiger partial charge in [0, 0.05) is 0 Å². The van der Waals surface area contributed by atoms with Crippen molar-refractivity contribution in [1.29, 1.82) is 0 Å². The third kappa shape index (κ3) is 5.29. The zero-order chi connectivity index (χ0) is 14.3. The molecular formula is C21H38. The summed E-state index contributed by atoms with van der Waals surface area (Å²) in [5.74, 6) is 4.44. The van der Waals surface area contributed by atoms with Crippen molar-refractivity contribution in [3.8, 4) is 0 Å². The van der Waals surface area contributed by atoms with E-state index in [1.54, 1.807) is 70.6 Å². The smallest absolute Gasteiger partial charge is 0.0411 e. The molecule has 3 saturated carbocycles. The van der Waals surface area contributed by atoms with E-state index in [0.717, 1.165) is 23.7 Å². The van der Waals surface area contributed by atoms with Crippen LogP contribution in [-0.2, 0) is 0 Å². The Morgan fingerprint density at radius 2 is 0.762 bits per heavy atom. The van der Waals surface area contributed by atoms with Crippen molar-refractivity contribution in [3.63, 3.8) is 0 Å². The number of hydrogen-bond acceptors (Lipinski definition) is 0. The number of rotatable bonds is 5. The largest absolute Gasteiger partial charge is 0.0533 e. The van der Waals surface area contributed by atoms with Crippen LogP contribution >= 0.6 is 0 Å². The Labute approximate surface area is 133 Å². The van der Waals surface area contributed by atoms with Crippen LogP contribution in [0.4, 0.5) is 0 Å². The molecule has 3 aliphatic carbocycles. The fourth-order valence-corrected chi connectivity index (χ4v) is 5.60. The summed E-state index contributed by atoms with van der Waals surface area (Å²) in [6.45, 7) is 0. The Bertz CT molecular complexity index is 262. The van der Waals surface area contributed by atoms with E-state index in [2.05, 4.69) is 0 Å². The van der Waals surface area contributed by atoms with E-state index >= 15 is 0 Å². The lowest BCUT2D eigenvalue weighted by atomic mass is 9.73. The van der Waals surface area contributed by atoms with Gasteiger partial charge in [0.2, 0.25) is 0 Å². The van der Waals surface area contributed by atoms with E-state index in [4.69, 9.17) is 0 Å². The third-order valence-corrected chi connectivity index (χ3v) is 7.07. The molecule has 0 spiro atoms. The topological polar surface area (TPSA) is 0 Å². The molecule has 0 nitrogen and oxygen atoms in total. The Morgan fingerprint density at radius 1 is 0.381 bits per heavy atom. The highest BCUT2D eigenvalue weighted by molar-refractivity contribution is 4.77. The summed E-state index contributed by atoms with van der Waals surface area (Å²) in [6.07, 6.45) is 26.4. The van der Waals surface area contributed by atoms with Gasteiger partial charge >= 0.3 is 0 Å². The summed E-state index contributed by atoms with van der Waals surface area (Å²) in [5.41, 5.74) is 0. The Morgan fingerprint density at radius 3 is 1.33 bits per heavy atom. The molecule has 0 amide bonds. The second-order valence-electron chi connectivity index (χ2n) is 8.71. The predicted octanol–water partition coefficient (Wildman–Crippen LogP) is 7.12. The van der Waals surface area contributed by atoms with Gasteiger partial charge in [-0.15, -0.1) is 0 Å². The van der Waals surface area contributed by atoms with Crippen LogP contribution in [0.1, 0.15) is 109 Å². The molecule has 122 valence electrons. The van der Waals surface area contributed by atoms with Crippen molar-refractivity contribution in [3.05, 3.63) is 0 Å². The van der Waals surface area contributed by atoms with E-state index in [0.29, 0.717) is 0 Å². The zero-order valence-electron chi connectivity index (χ0n) is 14.3. The van der Waals surface area contributed by atoms with E-state index in [-0.39, 0.29) is 0 Å². The van der Waals surface area contributed by atoms with Crippen molar-refractivity contribution < 1.29 is 0 Å². The minimum absolute atomic E-state index is 1.11. The molecule has 0 unspecified atom stereocenters. The molecule has 0 N–H and O–H groups in total. The van der Waals surface area contributed by atoms with Crippen molar-refractivity contribution >= 4 is 0 Å². The molecule has 0 aromatic heterocycles. The molecule has 21 heavy (non-hydrogen) atoms. The SMILES string of the molecule is C1CCC(CCC2CCC(CC3CCCCC3)CC2)CC1. The van der Waals surface area contributed by atoms with Crippen molar-refractivity contribution in [2.24, 2.45) is 23.7 Å². The maximum atomic E-state index is 1.59. The molecule has 0 aliphatic heterocycles. The molecule has 0 atom stereocenters. The minimum atomic E-state index is 1.11. The van der Waals surface area contributed by atoms with Gasteiger partial charge in [-0.2, -0.15) is 0 Å². The Balaban J connectivity index is 1.29. The minimum Gasteiger partial charge on any atom is -0.0533 e. The van der Waals surface area contributed by atoms with Gasteiger partial charge < -0.3 is 0 Å². The molecule has 0 heteroatoms. The molecule has 0 radical (unpaired) electrons. The van der Waals surface area contributed by atoms with Gasteiger partial charge in [0.25, 0.3) is 0 Å². The normalized spacial score (nSPS) is 33.1. The summed E-state index contributed by atoms with van der Waals surface area (Å²) in [4.78, 5) is 0. The van der Waals surface area contributed by atoms with Crippen LogP contribution < -0.4 is 0 Å². The summed E-state index contributed by atoms with van der Waals surface area (Å²) >= 11 is 0. The van der Waals surface area contributed by atoms with Crippen molar-refractivity contribution in [2.75, 3.05) is 0 Å². The summed E-state index contributed by atoms with van der Waals surface area (Å²) < 4.78 is 0. The first-order chi connectivity index (χ1) is 10.4.